The van der Waals surface area contributed by atoms with Gasteiger partial charge in [-0.05, 0) is 30.2 Å². The standard InChI is InChI=1S/C13H13F3N2OS/c14-13(15,16)4-5-18(8-9-1-2-9)12(19)11-10(7-17)3-6-20-11/h3,6,9H,1-2,4-5,8H2. The summed E-state index contributed by atoms with van der Waals surface area (Å²) in [4.78, 5) is 13.7. The quantitative estimate of drug-likeness (QED) is 0.836. The molecule has 1 heterocycles. The average molecular weight is 302 g/mol. The first-order chi connectivity index (χ1) is 9.40. The third-order valence-electron chi connectivity index (χ3n) is 3.11. The van der Waals surface area contributed by atoms with E-state index in [9.17, 15) is 18.0 Å². The number of rotatable bonds is 5. The molecule has 1 aliphatic carbocycles. The number of thiophene rings is 1. The van der Waals surface area contributed by atoms with Crippen LogP contribution in [-0.4, -0.2) is 30.1 Å². The van der Waals surface area contributed by atoms with E-state index >= 15 is 0 Å². The molecule has 0 unspecified atom stereocenters. The Kier molecular flexibility index (Phi) is 4.33. The van der Waals surface area contributed by atoms with E-state index in [-0.39, 0.29) is 17.0 Å². The smallest absolute Gasteiger partial charge is 0.337 e. The summed E-state index contributed by atoms with van der Waals surface area (Å²) in [6.07, 6.45) is -3.40. The zero-order valence-corrected chi connectivity index (χ0v) is 11.4. The maximum Gasteiger partial charge on any atom is 0.390 e. The van der Waals surface area contributed by atoms with Crippen molar-refractivity contribution in [2.24, 2.45) is 5.92 Å². The Morgan fingerprint density at radius 1 is 1.50 bits per heavy atom. The van der Waals surface area contributed by atoms with Crippen molar-refractivity contribution >= 4 is 17.2 Å². The minimum Gasteiger partial charge on any atom is -0.337 e. The number of carbonyl (C=O) groups excluding carboxylic acids is 1. The molecule has 20 heavy (non-hydrogen) atoms. The van der Waals surface area contributed by atoms with Gasteiger partial charge in [0.1, 0.15) is 10.9 Å². The van der Waals surface area contributed by atoms with E-state index in [4.69, 9.17) is 5.26 Å². The van der Waals surface area contributed by atoms with E-state index in [0.29, 0.717) is 12.5 Å². The topological polar surface area (TPSA) is 44.1 Å². The van der Waals surface area contributed by atoms with Crippen LogP contribution in [0.25, 0.3) is 0 Å². The van der Waals surface area contributed by atoms with Gasteiger partial charge in [-0.2, -0.15) is 18.4 Å². The van der Waals surface area contributed by atoms with Gasteiger partial charge in [0, 0.05) is 13.1 Å². The van der Waals surface area contributed by atoms with Crippen LogP contribution < -0.4 is 0 Å². The highest BCUT2D eigenvalue weighted by Crippen LogP contribution is 2.31. The van der Waals surface area contributed by atoms with Crippen LogP contribution in [-0.2, 0) is 0 Å². The van der Waals surface area contributed by atoms with E-state index < -0.39 is 18.5 Å². The van der Waals surface area contributed by atoms with Crippen LogP contribution in [0.15, 0.2) is 11.4 Å². The molecular weight excluding hydrogens is 289 g/mol. The summed E-state index contributed by atoms with van der Waals surface area (Å²) >= 11 is 1.10. The number of carbonyl (C=O) groups is 1. The fraction of sp³-hybridized carbons (Fsp3) is 0.538. The van der Waals surface area contributed by atoms with E-state index in [0.717, 1.165) is 24.2 Å². The van der Waals surface area contributed by atoms with Crippen LogP contribution in [0.2, 0.25) is 0 Å². The molecule has 7 heteroatoms. The van der Waals surface area contributed by atoms with Gasteiger partial charge in [-0.15, -0.1) is 11.3 Å². The third-order valence-corrected chi connectivity index (χ3v) is 4.01. The van der Waals surface area contributed by atoms with Crippen molar-refractivity contribution < 1.29 is 18.0 Å². The normalized spacial score (nSPS) is 14.9. The molecule has 0 aromatic carbocycles. The lowest BCUT2D eigenvalue weighted by molar-refractivity contribution is -0.136. The lowest BCUT2D eigenvalue weighted by Gasteiger charge is -2.23. The first-order valence-electron chi connectivity index (χ1n) is 6.24. The molecule has 0 atom stereocenters. The summed E-state index contributed by atoms with van der Waals surface area (Å²) < 4.78 is 37.0. The molecule has 1 saturated carbocycles. The molecule has 0 aliphatic heterocycles. The summed E-state index contributed by atoms with van der Waals surface area (Å²) in [5, 5.41) is 10.5. The number of hydrogen-bond acceptors (Lipinski definition) is 3. The van der Waals surface area contributed by atoms with Gasteiger partial charge >= 0.3 is 6.18 Å². The summed E-state index contributed by atoms with van der Waals surface area (Å²) in [5.41, 5.74) is 0.229. The Labute approximate surface area is 118 Å². The monoisotopic (exact) mass is 302 g/mol. The SMILES string of the molecule is N#Cc1ccsc1C(=O)N(CCC(F)(F)F)CC1CC1. The first-order valence-corrected chi connectivity index (χ1v) is 7.12. The van der Waals surface area contributed by atoms with Crippen molar-refractivity contribution in [3.8, 4) is 6.07 Å². The molecule has 0 radical (unpaired) electrons. The lowest BCUT2D eigenvalue weighted by atomic mass is 10.2. The van der Waals surface area contributed by atoms with Crippen LogP contribution in [0.1, 0.15) is 34.5 Å². The van der Waals surface area contributed by atoms with E-state index in [1.54, 1.807) is 5.38 Å². The van der Waals surface area contributed by atoms with Gasteiger partial charge in [-0.3, -0.25) is 4.79 Å². The predicted molar refractivity (Wildman–Crippen MR) is 68.3 cm³/mol. The molecule has 1 aromatic heterocycles. The van der Waals surface area contributed by atoms with Gasteiger partial charge in [-0.25, -0.2) is 0 Å². The number of hydrogen-bond donors (Lipinski definition) is 0. The summed E-state index contributed by atoms with van der Waals surface area (Å²) in [5.74, 6) is -0.162. The number of alkyl halides is 3. The Hall–Kier alpha value is -1.55. The fourth-order valence-corrected chi connectivity index (χ4v) is 2.67. The van der Waals surface area contributed by atoms with Crippen molar-refractivity contribution in [2.75, 3.05) is 13.1 Å². The molecule has 0 spiro atoms. The minimum absolute atomic E-state index is 0.229. The summed E-state index contributed by atoms with van der Waals surface area (Å²) in [7, 11) is 0. The maximum absolute atomic E-state index is 12.3. The summed E-state index contributed by atoms with van der Waals surface area (Å²) in [6.45, 7) is -0.000711. The molecule has 1 aromatic rings. The Balaban J connectivity index is 2.09. The van der Waals surface area contributed by atoms with Gasteiger partial charge in [0.15, 0.2) is 0 Å². The number of halogens is 3. The minimum atomic E-state index is -4.28. The van der Waals surface area contributed by atoms with Crippen molar-refractivity contribution in [3.05, 3.63) is 21.9 Å². The third kappa shape index (κ3) is 3.97. The van der Waals surface area contributed by atoms with Crippen LogP contribution in [0.3, 0.4) is 0 Å². The molecule has 108 valence electrons. The number of nitriles is 1. The first kappa shape index (κ1) is 14.9. The van der Waals surface area contributed by atoms with Crippen molar-refractivity contribution in [2.45, 2.75) is 25.4 Å². The number of nitrogens with zero attached hydrogens (tertiary/aromatic N) is 2. The predicted octanol–water partition coefficient (Wildman–Crippen LogP) is 3.42. The molecule has 1 amide bonds. The fourth-order valence-electron chi connectivity index (χ4n) is 1.86. The van der Waals surface area contributed by atoms with Crippen molar-refractivity contribution in [1.82, 2.24) is 4.90 Å². The summed E-state index contributed by atoms with van der Waals surface area (Å²) in [6, 6.07) is 3.40. The molecule has 1 fully saturated rings. The van der Waals surface area contributed by atoms with Gasteiger partial charge in [-0.1, -0.05) is 0 Å². The van der Waals surface area contributed by atoms with Gasteiger partial charge < -0.3 is 4.90 Å². The van der Waals surface area contributed by atoms with Crippen molar-refractivity contribution in [1.29, 1.82) is 5.26 Å². The zero-order valence-electron chi connectivity index (χ0n) is 10.6. The highest BCUT2D eigenvalue weighted by atomic mass is 32.1. The molecule has 0 N–H and O–H groups in total. The van der Waals surface area contributed by atoms with Crippen LogP contribution in [0, 0.1) is 17.2 Å². The highest BCUT2D eigenvalue weighted by Gasteiger charge is 2.33. The largest absolute Gasteiger partial charge is 0.390 e. The van der Waals surface area contributed by atoms with Gasteiger partial charge in [0.05, 0.1) is 12.0 Å². The Morgan fingerprint density at radius 2 is 2.20 bits per heavy atom. The Bertz CT molecular complexity index is 528. The number of amides is 1. The second kappa shape index (κ2) is 5.83. The van der Waals surface area contributed by atoms with Crippen LogP contribution in [0.4, 0.5) is 13.2 Å². The molecule has 0 bridgehead atoms. The lowest BCUT2D eigenvalue weighted by Crippen LogP contribution is -2.35. The molecular formula is C13H13F3N2OS. The van der Waals surface area contributed by atoms with Crippen LogP contribution in [0.5, 0.6) is 0 Å². The van der Waals surface area contributed by atoms with E-state index in [1.165, 1.54) is 11.0 Å². The van der Waals surface area contributed by atoms with E-state index in [1.807, 2.05) is 6.07 Å². The molecule has 0 saturated heterocycles. The maximum atomic E-state index is 12.3. The van der Waals surface area contributed by atoms with Gasteiger partial charge in [0.2, 0.25) is 0 Å². The Morgan fingerprint density at radius 3 is 2.75 bits per heavy atom. The second-order valence-corrected chi connectivity index (χ2v) is 5.75. The zero-order chi connectivity index (χ0) is 14.8. The van der Waals surface area contributed by atoms with Crippen molar-refractivity contribution in [3.63, 3.8) is 0 Å². The average Bonchev–Trinajstić information content (AvgIpc) is 3.06. The molecule has 1 aliphatic rings. The van der Waals surface area contributed by atoms with E-state index in [2.05, 4.69) is 0 Å². The second-order valence-electron chi connectivity index (χ2n) is 4.83. The van der Waals surface area contributed by atoms with Gasteiger partial charge in [0.25, 0.3) is 5.91 Å². The molecule has 3 nitrogen and oxygen atoms in total. The van der Waals surface area contributed by atoms with Crippen LogP contribution >= 0.6 is 11.3 Å². The highest BCUT2D eigenvalue weighted by molar-refractivity contribution is 7.12. The molecule has 2 rings (SSSR count).